The number of aliphatic hydroxyl groups is 1. The van der Waals surface area contributed by atoms with E-state index in [0.717, 1.165) is 25.2 Å². The number of benzene rings is 1. The molecule has 0 fully saturated rings. The van der Waals surface area contributed by atoms with Crippen LogP contribution in [0.15, 0.2) is 24.3 Å². The third-order valence-electron chi connectivity index (χ3n) is 1.79. The SMILES string of the molecule is Nc1cccc(CNCCCO)c1. The predicted molar refractivity (Wildman–Crippen MR) is 54.3 cm³/mol. The summed E-state index contributed by atoms with van der Waals surface area (Å²) in [5, 5.41) is 11.8. The van der Waals surface area contributed by atoms with Gasteiger partial charge in [0.2, 0.25) is 0 Å². The average Bonchev–Trinajstić information content (AvgIpc) is 2.13. The van der Waals surface area contributed by atoms with Gasteiger partial charge in [-0.15, -0.1) is 0 Å². The molecule has 0 aliphatic carbocycles. The summed E-state index contributed by atoms with van der Waals surface area (Å²) in [6.45, 7) is 1.89. The van der Waals surface area contributed by atoms with E-state index >= 15 is 0 Å². The van der Waals surface area contributed by atoms with Gasteiger partial charge in [0.1, 0.15) is 0 Å². The van der Waals surface area contributed by atoms with Gasteiger partial charge in [0.15, 0.2) is 0 Å². The first-order valence-corrected chi connectivity index (χ1v) is 4.49. The van der Waals surface area contributed by atoms with Crippen molar-refractivity contribution in [3.63, 3.8) is 0 Å². The Morgan fingerprint density at radius 2 is 2.23 bits per heavy atom. The van der Waals surface area contributed by atoms with Crippen LogP contribution in [0.5, 0.6) is 0 Å². The number of nitrogens with two attached hydrogens (primary N) is 1. The van der Waals surface area contributed by atoms with Gasteiger partial charge in [0, 0.05) is 18.8 Å². The summed E-state index contributed by atoms with van der Waals surface area (Å²) in [5.74, 6) is 0. The summed E-state index contributed by atoms with van der Waals surface area (Å²) >= 11 is 0. The highest BCUT2D eigenvalue weighted by Crippen LogP contribution is 2.05. The van der Waals surface area contributed by atoms with Crippen LogP contribution in [0, 0.1) is 0 Å². The molecule has 0 unspecified atom stereocenters. The molecule has 0 saturated carbocycles. The van der Waals surface area contributed by atoms with Crippen molar-refractivity contribution in [2.24, 2.45) is 0 Å². The van der Waals surface area contributed by atoms with Crippen LogP contribution in [0.3, 0.4) is 0 Å². The van der Waals surface area contributed by atoms with Crippen LogP contribution in [0.25, 0.3) is 0 Å². The van der Waals surface area contributed by atoms with Crippen LogP contribution in [0.2, 0.25) is 0 Å². The highest BCUT2D eigenvalue weighted by molar-refractivity contribution is 5.40. The molecule has 4 N–H and O–H groups in total. The van der Waals surface area contributed by atoms with E-state index in [4.69, 9.17) is 10.8 Å². The smallest absolute Gasteiger partial charge is 0.0443 e. The van der Waals surface area contributed by atoms with Gasteiger partial charge in [0.05, 0.1) is 0 Å². The number of nitrogen functional groups attached to an aromatic ring is 1. The average molecular weight is 180 g/mol. The zero-order chi connectivity index (χ0) is 9.52. The normalized spacial score (nSPS) is 10.2. The molecule has 13 heavy (non-hydrogen) atoms. The first kappa shape index (κ1) is 10.0. The molecule has 3 heteroatoms. The van der Waals surface area contributed by atoms with Crippen LogP contribution in [0.1, 0.15) is 12.0 Å². The number of hydrogen-bond donors (Lipinski definition) is 3. The minimum atomic E-state index is 0.240. The summed E-state index contributed by atoms with van der Waals surface area (Å²) in [5.41, 5.74) is 7.59. The highest BCUT2D eigenvalue weighted by atomic mass is 16.3. The van der Waals surface area contributed by atoms with Gasteiger partial charge in [-0.25, -0.2) is 0 Å². The molecule has 0 atom stereocenters. The van der Waals surface area contributed by atoms with Gasteiger partial charge in [-0.2, -0.15) is 0 Å². The molecule has 0 aromatic heterocycles. The van der Waals surface area contributed by atoms with E-state index in [1.807, 2.05) is 24.3 Å². The summed E-state index contributed by atoms with van der Waals surface area (Å²) in [4.78, 5) is 0. The van der Waals surface area contributed by atoms with E-state index < -0.39 is 0 Å². The van der Waals surface area contributed by atoms with E-state index in [1.54, 1.807) is 0 Å². The molecule has 3 nitrogen and oxygen atoms in total. The molecule has 0 aliphatic heterocycles. The molecular formula is C10H16N2O. The van der Waals surface area contributed by atoms with E-state index in [-0.39, 0.29) is 6.61 Å². The third kappa shape index (κ3) is 3.92. The van der Waals surface area contributed by atoms with Gasteiger partial charge in [-0.1, -0.05) is 12.1 Å². The van der Waals surface area contributed by atoms with Crippen molar-refractivity contribution in [2.45, 2.75) is 13.0 Å². The fourth-order valence-electron chi connectivity index (χ4n) is 1.14. The Bertz CT molecular complexity index is 250. The molecule has 1 rings (SSSR count). The lowest BCUT2D eigenvalue weighted by Crippen LogP contribution is -2.15. The van der Waals surface area contributed by atoms with E-state index in [0.29, 0.717) is 0 Å². The first-order chi connectivity index (χ1) is 6.33. The molecule has 0 aliphatic rings. The molecular weight excluding hydrogens is 164 g/mol. The Morgan fingerprint density at radius 1 is 1.38 bits per heavy atom. The van der Waals surface area contributed by atoms with Crippen molar-refractivity contribution in [1.29, 1.82) is 0 Å². The topological polar surface area (TPSA) is 58.3 Å². The molecule has 72 valence electrons. The van der Waals surface area contributed by atoms with Crippen LogP contribution < -0.4 is 11.1 Å². The van der Waals surface area contributed by atoms with Crippen molar-refractivity contribution in [3.05, 3.63) is 29.8 Å². The summed E-state index contributed by atoms with van der Waals surface area (Å²) < 4.78 is 0. The Morgan fingerprint density at radius 3 is 2.92 bits per heavy atom. The molecule has 0 bridgehead atoms. The standard InChI is InChI=1S/C10H16N2O/c11-10-4-1-3-9(7-10)8-12-5-2-6-13/h1,3-4,7,12-13H,2,5-6,8,11H2. The fraction of sp³-hybridized carbons (Fsp3) is 0.400. The van der Waals surface area contributed by atoms with Crippen molar-refractivity contribution < 1.29 is 5.11 Å². The molecule has 1 aromatic carbocycles. The zero-order valence-corrected chi connectivity index (χ0v) is 7.66. The third-order valence-corrected chi connectivity index (χ3v) is 1.79. The fourth-order valence-corrected chi connectivity index (χ4v) is 1.14. The summed E-state index contributed by atoms with van der Waals surface area (Å²) in [7, 11) is 0. The molecule has 1 aromatic rings. The number of aliphatic hydroxyl groups excluding tert-OH is 1. The second kappa shape index (κ2) is 5.56. The number of nitrogens with one attached hydrogen (secondary N) is 1. The second-order valence-electron chi connectivity index (χ2n) is 3.00. The molecule has 0 amide bonds. The van der Waals surface area contributed by atoms with Crippen LogP contribution in [-0.2, 0) is 6.54 Å². The minimum Gasteiger partial charge on any atom is -0.399 e. The Kier molecular flexibility index (Phi) is 4.29. The van der Waals surface area contributed by atoms with Crippen molar-refractivity contribution in [3.8, 4) is 0 Å². The van der Waals surface area contributed by atoms with Gasteiger partial charge in [-0.3, -0.25) is 0 Å². The zero-order valence-electron chi connectivity index (χ0n) is 7.66. The predicted octanol–water partition coefficient (Wildman–Crippen LogP) is 0.741. The van der Waals surface area contributed by atoms with Crippen molar-refractivity contribution in [1.82, 2.24) is 5.32 Å². The van der Waals surface area contributed by atoms with Crippen molar-refractivity contribution >= 4 is 5.69 Å². The summed E-state index contributed by atoms with van der Waals surface area (Å²) in [6, 6.07) is 7.80. The quantitative estimate of drug-likeness (QED) is 0.462. The monoisotopic (exact) mass is 180 g/mol. The minimum absolute atomic E-state index is 0.240. The largest absolute Gasteiger partial charge is 0.399 e. The van der Waals surface area contributed by atoms with Gasteiger partial charge < -0.3 is 16.2 Å². The number of hydrogen-bond acceptors (Lipinski definition) is 3. The molecule has 0 spiro atoms. The molecule has 0 saturated heterocycles. The summed E-state index contributed by atoms with van der Waals surface area (Å²) in [6.07, 6.45) is 0.794. The van der Waals surface area contributed by atoms with Gasteiger partial charge in [-0.05, 0) is 30.7 Å². The van der Waals surface area contributed by atoms with Crippen molar-refractivity contribution in [2.75, 3.05) is 18.9 Å². The Balaban J connectivity index is 2.28. The number of anilines is 1. The van der Waals surface area contributed by atoms with E-state index in [2.05, 4.69) is 5.32 Å². The highest BCUT2D eigenvalue weighted by Gasteiger charge is 1.92. The Hall–Kier alpha value is -1.06. The second-order valence-corrected chi connectivity index (χ2v) is 3.00. The van der Waals surface area contributed by atoms with Crippen LogP contribution in [-0.4, -0.2) is 18.3 Å². The van der Waals surface area contributed by atoms with Gasteiger partial charge in [0.25, 0.3) is 0 Å². The number of rotatable bonds is 5. The lowest BCUT2D eigenvalue weighted by atomic mass is 10.2. The maximum atomic E-state index is 8.55. The van der Waals surface area contributed by atoms with E-state index in [9.17, 15) is 0 Å². The maximum absolute atomic E-state index is 8.55. The molecule has 0 radical (unpaired) electrons. The maximum Gasteiger partial charge on any atom is 0.0443 e. The Labute approximate surface area is 78.6 Å². The lowest BCUT2D eigenvalue weighted by Gasteiger charge is -2.04. The first-order valence-electron chi connectivity index (χ1n) is 4.49. The van der Waals surface area contributed by atoms with E-state index in [1.165, 1.54) is 5.56 Å². The van der Waals surface area contributed by atoms with Crippen LogP contribution in [0.4, 0.5) is 5.69 Å². The van der Waals surface area contributed by atoms with Gasteiger partial charge >= 0.3 is 0 Å². The van der Waals surface area contributed by atoms with Crippen LogP contribution >= 0.6 is 0 Å². The molecule has 0 heterocycles. The lowest BCUT2D eigenvalue weighted by molar-refractivity contribution is 0.286.